The number of aromatic nitrogens is 4. The molecule has 0 saturated carbocycles. The van der Waals surface area contributed by atoms with Gasteiger partial charge < -0.3 is 5.32 Å². The molecule has 0 aliphatic rings. The molecule has 2 aromatic heterocycles. The lowest BCUT2D eigenvalue weighted by Crippen LogP contribution is -2.33. The highest BCUT2D eigenvalue weighted by Crippen LogP contribution is 2.31. The summed E-state index contributed by atoms with van der Waals surface area (Å²) in [6.07, 6.45) is 4.28. The fourth-order valence-electron chi connectivity index (χ4n) is 2.45. The molecule has 146 valence electrons. The zero-order valence-corrected chi connectivity index (χ0v) is 17.7. The van der Waals surface area contributed by atoms with E-state index in [2.05, 4.69) is 20.5 Å². The van der Waals surface area contributed by atoms with E-state index < -0.39 is 0 Å². The Kier molecular flexibility index (Phi) is 6.93. The van der Waals surface area contributed by atoms with Gasteiger partial charge in [0.15, 0.2) is 11.0 Å². The first-order valence-electron chi connectivity index (χ1n) is 8.73. The van der Waals surface area contributed by atoms with Gasteiger partial charge in [0, 0.05) is 24.0 Å². The van der Waals surface area contributed by atoms with Gasteiger partial charge in [-0.3, -0.25) is 14.3 Å². The Labute approximate surface area is 177 Å². The number of halogens is 2. The Hall–Kier alpha value is -2.09. The third kappa shape index (κ3) is 4.84. The van der Waals surface area contributed by atoms with Gasteiger partial charge in [0.25, 0.3) is 0 Å². The standard InChI is InChI=1S/C19H19Cl2N5OS/c1-3-12(2)23-17(27)11-28-19-25-24-18(13-5-4-8-22-10-13)26(19)14-6-7-15(20)16(21)9-14/h4-10,12H,3,11H2,1-2H3,(H,23,27). The molecule has 1 aromatic carbocycles. The number of hydrogen-bond acceptors (Lipinski definition) is 5. The van der Waals surface area contributed by atoms with Crippen molar-refractivity contribution in [2.24, 2.45) is 0 Å². The Balaban J connectivity index is 1.95. The summed E-state index contributed by atoms with van der Waals surface area (Å²) in [4.78, 5) is 16.3. The maximum atomic E-state index is 12.2. The Morgan fingerprint density at radius 2 is 2.07 bits per heavy atom. The molecule has 1 atom stereocenters. The average Bonchev–Trinajstić information content (AvgIpc) is 3.13. The van der Waals surface area contributed by atoms with Crippen LogP contribution in [-0.4, -0.2) is 37.5 Å². The van der Waals surface area contributed by atoms with E-state index in [-0.39, 0.29) is 17.7 Å². The Morgan fingerprint density at radius 1 is 1.25 bits per heavy atom. The lowest BCUT2D eigenvalue weighted by molar-refractivity contribution is -0.119. The molecule has 0 aliphatic carbocycles. The molecule has 0 fully saturated rings. The zero-order chi connectivity index (χ0) is 20.1. The monoisotopic (exact) mass is 435 g/mol. The van der Waals surface area contributed by atoms with Crippen molar-refractivity contribution in [3.63, 3.8) is 0 Å². The molecule has 2 heterocycles. The summed E-state index contributed by atoms with van der Waals surface area (Å²) in [5, 5.41) is 13.0. The van der Waals surface area contributed by atoms with Gasteiger partial charge in [0.05, 0.1) is 21.5 Å². The largest absolute Gasteiger partial charge is 0.353 e. The summed E-state index contributed by atoms with van der Waals surface area (Å²) < 4.78 is 1.85. The van der Waals surface area contributed by atoms with Gasteiger partial charge in [-0.2, -0.15) is 0 Å². The minimum atomic E-state index is -0.0500. The molecule has 0 aliphatic heterocycles. The number of nitrogens with one attached hydrogen (secondary N) is 1. The molecule has 1 unspecified atom stereocenters. The van der Waals surface area contributed by atoms with E-state index in [4.69, 9.17) is 23.2 Å². The number of nitrogens with zero attached hydrogens (tertiary/aromatic N) is 4. The fraction of sp³-hybridized carbons (Fsp3) is 0.263. The van der Waals surface area contributed by atoms with Crippen molar-refractivity contribution in [2.45, 2.75) is 31.5 Å². The minimum absolute atomic E-state index is 0.0500. The lowest BCUT2D eigenvalue weighted by Gasteiger charge is -2.12. The SMILES string of the molecule is CCC(C)NC(=O)CSc1nnc(-c2cccnc2)n1-c1ccc(Cl)c(Cl)c1. The summed E-state index contributed by atoms with van der Waals surface area (Å²) in [7, 11) is 0. The minimum Gasteiger partial charge on any atom is -0.353 e. The second kappa shape index (κ2) is 9.41. The molecular weight excluding hydrogens is 417 g/mol. The summed E-state index contributed by atoms with van der Waals surface area (Å²) in [6, 6.07) is 9.16. The number of thioether (sulfide) groups is 1. The van der Waals surface area contributed by atoms with Crippen LogP contribution in [0.3, 0.4) is 0 Å². The van der Waals surface area contributed by atoms with Crippen LogP contribution in [0, 0.1) is 0 Å². The summed E-state index contributed by atoms with van der Waals surface area (Å²) >= 11 is 13.6. The maximum absolute atomic E-state index is 12.2. The second-order valence-corrected chi connectivity index (χ2v) is 7.90. The quantitative estimate of drug-likeness (QED) is 0.547. The predicted molar refractivity (Wildman–Crippen MR) is 113 cm³/mol. The molecular formula is C19H19Cl2N5OS. The van der Waals surface area contributed by atoms with Crippen LogP contribution in [0.4, 0.5) is 0 Å². The van der Waals surface area contributed by atoms with Crippen LogP contribution >= 0.6 is 35.0 Å². The summed E-state index contributed by atoms with van der Waals surface area (Å²) in [5.41, 5.74) is 1.56. The first-order chi connectivity index (χ1) is 13.5. The number of hydrogen-bond donors (Lipinski definition) is 1. The molecule has 3 aromatic rings. The Bertz CT molecular complexity index is 964. The van der Waals surface area contributed by atoms with Crippen molar-refractivity contribution in [1.29, 1.82) is 0 Å². The third-order valence-electron chi connectivity index (χ3n) is 4.07. The number of pyridine rings is 1. The summed E-state index contributed by atoms with van der Waals surface area (Å²) in [6.45, 7) is 4.00. The predicted octanol–water partition coefficient (Wildman–Crippen LogP) is 4.64. The topological polar surface area (TPSA) is 72.7 Å². The molecule has 28 heavy (non-hydrogen) atoms. The number of carbonyl (C=O) groups excluding carboxylic acids is 1. The maximum Gasteiger partial charge on any atom is 0.230 e. The molecule has 3 rings (SSSR count). The van der Waals surface area contributed by atoms with Crippen LogP contribution in [0.1, 0.15) is 20.3 Å². The second-order valence-electron chi connectivity index (χ2n) is 6.15. The van der Waals surface area contributed by atoms with Crippen molar-refractivity contribution >= 4 is 40.9 Å². The van der Waals surface area contributed by atoms with Crippen molar-refractivity contribution in [3.8, 4) is 17.1 Å². The molecule has 0 spiro atoms. The number of benzene rings is 1. The number of amides is 1. The molecule has 9 heteroatoms. The highest BCUT2D eigenvalue weighted by molar-refractivity contribution is 7.99. The number of carbonyl (C=O) groups is 1. The van der Waals surface area contributed by atoms with Crippen LogP contribution in [-0.2, 0) is 4.79 Å². The molecule has 1 N–H and O–H groups in total. The molecule has 1 amide bonds. The first-order valence-corrected chi connectivity index (χ1v) is 10.5. The van der Waals surface area contributed by atoms with E-state index in [0.717, 1.165) is 17.7 Å². The lowest BCUT2D eigenvalue weighted by atomic mass is 10.2. The van der Waals surface area contributed by atoms with Crippen molar-refractivity contribution < 1.29 is 4.79 Å². The van der Waals surface area contributed by atoms with Crippen LogP contribution in [0.25, 0.3) is 17.1 Å². The van der Waals surface area contributed by atoms with E-state index in [0.29, 0.717) is 21.0 Å². The Morgan fingerprint density at radius 3 is 2.75 bits per heavy atom. The summed E-state index contributed by atoms with van der Waals surface area (Å²) in [5.74, 6) is 0.791. The van der Waals surface area contributed by atoms with Crippen LogP contribution in [0.15, 0.2) is 47.9 Å². The van der Waals surface area contributed by atoms with E-state index in [1.165, 1.54) is 11.8 Å². The van der Waals surface area contributed by atoms with Crippen LogP contribution in [0.5, 0.6) is 0 Å². The van der Waals surface area contributed by atoms with E-state index >= 15 is 0 Å². The zero-order valence-electron chi connectivity index (χ0n) is 15.4. The van der Waals surface area contributed by atoms with Crippen molar-refractivity contribution in [2.75, 3.05) is 5.75 Å². The highest BCUT2D eigenvalue weighted by atomic mass is 35.5. The van der Waals surface area contributed by atoms with Gasteiger partial charge in [0.1, 0.15) is 0 Å². The van der Waals surface area contributed by atoms with Crippen LogP contribution < -0.4 is 5.32 Å². The van der Waals surface area contributed by atoms with Crippen molar-refractivity contribution in [3.05, 3.63) is 52.8 Å². The van der Waals surface area contributed by atoms with Crippen molar-refractivity contribution in [1.82, 2.24) is 25.1 Å². The first kappa shape index (κ1) is 20.6. The molecule has 0 bridgehead atoms. The van der Waals surface area contributed by atoms with Gasteiger partial charge >= 0.3 is 0 Å². The fourth-order valence-corrected chi connectivity index (χ4v) is 3.51. The number of rotatable bonds is 7. The smallest absolute Gasteiger partial charge is 0.230 e. The molecule has 6 nitrogen and oxygen atoms in total. The van der Waals surface area contributed by atoms with Gasteiger partial charge in [-0.15, -0.1) is 10.2 Å². The van der Waals surface area contributed by atoms with Gasteiger partial charge in [-0.05, 0) is 43.7 Å². The van der Waals surface area contributed by atoms with Crippen LogP contribution in [0.2, 0.25) is 10.0 Å². The van der Waals surface area contributed by atoms with Gasteiger partial charge in [-0.1, -0.05) is 41.9 Å². The van der Waals surface area contributed by atoms with E-state index in [9.17, 15) is 4.79 Å². The van der Waals surface area contributed by atoms with E-state index in [1.807, 2.05) is 36.6 Å². The van der Waals surface area contributed by atoms with Gasteiger partial charge in [0.2, 0.25) is 5.91 Å². The molecule has 0 saturated heterocycles. The third-order valence-corrected chi connectivity index (χ3v) is 5.73. The van der Waals surface area contributed by atoms with E-state index in [1.54, 1.807) is 24.5 Å². The normalized spacial score (nSPS) is 12.0. The molecule has 0 radical (unpaired) electrons. The van der Waals surface area contributed by atoms with Gasteiger partial charge in [-0.25, -0.2) is 0 Å². The average molecular weight is 436 g/mol. The highest BCUT2D eigenvalue weighted by Gasteiger charge is 2.18.